The number of rotatable bonds is 0. The molecule has 0 nitrogen and oxygen atoms in total. The van der Waals surface area contributed by atoms with Gasteiger partial charge in [-0.05, 0) is 21.9 Å². The SMILES string of the molecule is SC1C=Cc2cccc3cccc1c23. The summed E-state index contributed by atoms with van der Waals surface area (Å²) < 4.78 is 0. The molecule has 1 heteroatoms. The van der Waals surface area contributed by atoms with Gasteiger partial charge in [0.15, 0.2) is 0 Å². The van der Waals surface area contributed by atoms with Crippen LogP contribution in [0.3, 0.4) is 0 Å². The molecule has 0 amide bonds. The molecule has 1 aliphatic carbocycles. The second-order valence-electron chi connectivity index (χ2n) is 3.60. The van der Waals surface area contributed by atoms with Gasteiger partial charge in [-0.1, -0.05) is 48.6 Å². The Morgan fingerprint density at radius 3 is 2.64 bits per heavy atom. The smallest absolute Gasteiger partial charge is 0.0456 e. The molecular weight excluding hydrogens is 188 g/mol. The van der Waals surface area contributed by atoms with E-state index in [1.165, 1.54) is 21.9 Å². The van der Waals surface area contributed by atoms with E-state index in [0.717, 1.165) is 0 Å². The van der Waals surface area contributed by atoms with Gasteiger partial charge in [0.1, 0.15) is 0 Å². The van der Waals surface area contributed by atoms with Crippen molar-refractivity contribution in [2.45, 2.75) is 5.25 Å². The molecular formula is C13H10S. The third-order valence-electron chi connectivity index (χ3n) is 2.75. The van der Waals surface area contributed by atoms with E-state index in [2.05, 4.69) is 61.2 Å². The Balaban J connectivity index is 2.52. The third kappa shape index (κ3) is 1.02. The average molecular weight is 198 g/mol. The summed E-state index contributed by atoms with van der Waals surface area (Å²) in [5, 5.41) is 2.91. The van der Waals surface area contributed by atoms with E-state index >= 15 is 0 Å². The summed E-state index contributed by atoms with van der Waals surface area (Å²) in [6.45, 7) is 0. The zero-order valence-corrected chi connectivity index (χ0v) is 8.54. The molecule has 1 unspecified atom stereocenters. The minimum Gasteiger partial charge on any atom is -0.167 e. The molecule has 0 fully saturated rings. The predicted octanol–water partition coefficient (Wildman–Crippen LogP) is 3.84. The molecule has 14 heavy (non-hydrogen) atoms. The highest BCUT2D eigenvalue weighted by molar-refractivity contribution is 7.80. The Hall–Kier alpha value is -1.21. The van der Waals surface area contributed by atoms with Gasteiger partial charge in [-0.15, -0.1) is 0 Å². The van der Waals surface area contributed by atoms with Crippen molar-refractivity contribution >= 4 is 29.5 Å². The molecule has 2 aromatic rings. The molecule has 0 saturated carbocycles. The van der Waals surface area contributed by atoms with Crippen LogP contribution in [0.4, 0.5) is 0 Å². The summed E-state index contributed by atoms with van der Waals surface area (Å²) in [7, 11) is 0. The normalized spacial score (nSPS) is 18.8. The number of thiol groups is 1. The minimum absolute atomic E-state index is 0.244. The van der Waals surface area contributed by atoms with Crippen LogP contribution in [0.15, 0.2) is 42.5 Å². The van der Waals surface area contributed by atoms with E-state index in [9.17, 15) is 0 Å². The van der Waals surface area contributed by atoms with Crippen LogP contribution in [0.5, 0.6) is 0 Å². The molecule has 0 N–H and O–H groups in total. The first-order chi connectivity index (χ1) is 6.86. The Morgan fingerprint density at radius 2 is 1.79 bits per heavy atom. The molecule has 0 aromatic heterocycles. The molecule has 0 radical (unpaired) electrons. The van der Waals surface area contributed by atoms with Crippen LogP contribution >= 0.6 is 12.6 Å². The summed E-state index contributed by atoms with van der Waals surface area (Å²) in [6, 6.07) is 12.8. The maximum Gasteiger partial charge on any atom is 0.0456 e. The van der Waals surface area contributed by atoms with E-state index in [-0.39, 0.29) is 5.25 Å². The Kier molecular flexibility index (Phi) is 1.68. The summed E-state index contributed by atoms with van der Waals surface area (Å²) in [6.07, 6.45) is 4.30. The van der Waals surface area contributed by atoms with E-state index in [4.69, 9.17) is 0 Å². The topological polar surface area (TPSA) is 0 Å². The van der Waals surface area contributed by atoms with Crippen molar-refractivity contribution in [2.24, 2.45) is 0 Å². The lowest BCUT2D eigenvalue weighted by atomic mass is 9.93. The molecule has 0 heterocycles. The van der Waals surface area contributed by atoms with E-state index in [0.29, 0.717) is 0 Å². The van der Waals surface area contributed by atoms with Gasteiger partial charge in [-0.3, -0.25) is 0 Å². The lowest BCUT2D eigenvalue weighted by molar-refractivity contribution is 1.26. The fourth-order valence-corrected chi connectivity index (χ4v) is 2.38. The Bertz CT molecular complexity index is 520. The maximum atomic E-state index is 4.55. The number of hydrogen-bond donors (Lipinski definition) is 1. The van der Waals surface area contributed by atoms with E-state index < -0.39 is 0 Å². The van der Waals surface area contributed by atoms with Crippen LogP contribution in [0.2, 0.25) is 0 Å². The molecule has 0 bridgehead atoms. The van der Waals surface area contributed by atoms with Crippen LogP contribution in [-0.2, 0) is 0 Å². The van der Waals surface area contributed by atoms with Crippen molar-refractivity contribution in [3.8, 4) is 0 Å². The predicted molar refractivity (Wildman–Crippen MR) is 64.7 cm³/mol. The molecule has 0 spiro atoms. The minimum atomic E-state index is 0.244. The summed E-state index contributed by atoms with van der Waals surface area (Å²) in [4.78, 5) is 0. The molecule has 3 rings (SSSR count). The second-order valence-corrected chi connectivity index (χ2v) is 4.15. The number of benzene rings is 2. The molecule has 1 atom stereocenters. The standard InChI is InChI=1S/C13H10S/c14-12-8-7-10-4-1-3-9-5-2-6-11(12)13(9)10/h1-8,12,14H. The van der Waals surface area contributed by atoms with Crippen LogP contribution in [-0.4, -0.2) is 0 Å². The summed E-state index contributed by atoms with van der Waals surface area (Å²) in [5.74, 6) is 0. The van der Waals surface area contributed by atoms with Crippen molar-refractivity contribution in [2.75, 3.05) is 0 Å². The van der Waals surface area contributed by atoms with Crippen molar-refractivity contribution in [1.29, 1.82) is 0 Å². The van der Waals surface area contributed by atoms with Crippen LogP contribution in [0.25, 0.3) is 16.8 Å². The molecule has 1 aliphatic rings. The first-order valence-corrected chi connectivity index (χ1v) is 5.26. The van der Waals surface area contributed by atoms with Gasteiger partial charge in [-0.2, -0.15) is 12.6 Å². The van der Waals surface area contributed by atoms with Crippen LogP contribution in [0.1, 0.15) is 16.4 Å². The highest BCUT2D eigenvalue weighted by Gasteiger charge is 2.13. The van der Waals surface area contributed by atoms with Crippen LogP contribution < -0.4 is 0 Å². The van der Waals surface area contributed by atoms with Crippen molar-refractivity contribution in [3.63, 3.8) is 0 Å². The highest BCUT2D eigenvalue weighted by Crippen LogP contribution is 2.36. The zero-order valence-electron chi connectivity index (χ0n) is 7.64. The summed E-state index contributed by atoms with van der Waals surface area (Å²) in [5.41, 5.74) is 2.63. The van der Waals surface area contributed by atoms with Gasteiger partial charge in [-0.25, -0.2) is 0 Å². The molecule has 68 valence electrons. The monoisotopic (exact) mass is 198 g/mol. The lowest BCUT2D eigenvalue weighted by Crippen LogP contribution is -1.95. The Labute approximate surface area is 88.7 Å². The fourth-order valence-electron chi connectivity index (χ4n) is 2.08. The first-order valence-electron chi connectivity index (χ1n) is 4.74. The molecule has 0 saturated heterocycles. The third-order valence-corrected chi connectivity index (χ3v) is 3.20. The van der Waals surface area contributed by atoms with Crippen molar-refractivity contribution in [3.05, 3.63) is 53.6 Å². The van der Waals surface area contributed by atoms with Gasteiger partial charge in [0.05, 0.1) is 0 Å². The zero-order chi connectivity index (χ0) is 9.54. The largest absolute Gasteiger partial charge is 0.167 e. The lowest BCUT2D eigenvalue weighted by Gasteiger charge is -2.16. The second kappa shape index (κ2) is 2.89. The number of hydrogen-bond acceptors (Lipinski definition) is 1. The van der Waals surface area contributed by atoms with Gasteiger partial charge >= 0.3 is 0 Å². The fraction of sp³-hybridized carbons (Fsp3) is 0.0769. The quantitative estimate of drug-likeness (QED) is 0.611. The van der Waals surface area contributed by atoms with Crippen molar-refractivity contribution in [1.82, 2.24) is 0 Å². The van der Waals surface area contributed by atoms with Gasteiger partial charge in [0.2, 0.25) is 0 Å². The van der Waals surface area contributed by atoms with Crippen LogP contribution in [0, 0.1) is 0 Å². The average Bonchev–Trinajstić information content (AvgIpc) is 2.24. The maximum absolute atomic E-state index is 4.55. The molecule has 0 aliphatic heterocycles. The first kappa shape index (κ1) is 8.13. The van der Waals surface area contributed by atoms with Crippen molar-refractivity contribution < 1.29 is 0 Å². The van der Waals surface area contributed by atoms with Gasteiger partial charge in [0, 0.05) is 5.25 Å². The Morgan fingerprint density at radius 1 is 1.00 bits per heavy atom. The van der Waals surface area contributed by atoms with E-state index in [1.54, 1.807) is 0 Å². The highest BCUT2D eigenvalue weighted by atomic mass is 32.1. The van der Waals surface area contributed by atoms with Gasteiger partial charge in [0.25, 0.3) is 0 Å². The molecule has 2 aromatic carbocycles. The van der Waals surface area contributed by atoms with E-state index in [1.807, 2.05) is 0 Å². The summed E-state index contributed by atoms with van der Waals surface area (Å²) >= 11 is 4.55. The van der Waals surface area contributed by atoms with Gasteiger partial charge < -0.3 is 0 Å².